The number of anilines is 1. The van der Waals surface area contributed by atoms with Crippen molar-refractivity contribution in [2.45, 2.75) is 38.2 Å². The second-order valence-corrected chi connectivity index (χ2v) is 10.6. The zero-order chi connectivity index (χ0) is 15.8. The molecule has 120 valence electrons. The third kappa shape index (κ3) is 3.72. The molecule has 0 aliphatic carbocycles. The Kier molecular flexibility index (Phi) is 4.92. The van der Waals surface area contributed by atoms with Gasteiger partial charge in [0.25, 0.3) is 0 Å². The number of sulfone groups is 1. The molecule has 21 heavy (non-hydrogen) atoms. The highest BCUT2D eigenvalue weighted by molar-refractivity contribution is 8.01. The van der Waals surface area contributed by atoms with Gasteiger partial charge in [0, 0.05) is 29.7 Å². The Hall–Kier alpha value is -0.310. The van der Waals surface area contributed by atoms with Crippen LogP contribution in [0.5, 0.6) is 0 Å². The molecule has 1 atom stereocenters. The van der Waals surface area contributed by atoms with Crippen LogP contribution in [0.2, 0.25) is 0 Å². The lowest BCUT2D eigenvalue weighted by Crippen LogP contribution is -2.47. The van der Waals surface area contributed by atoms with E-state index < -0.39 is 15.2 Å². The maximum atomic E-state index is 12.0. The number of hydrogen-bond donors (Lipinski definition) is 1. The SMILES string of the molecule is CC(C)(C)c1nc(N2CCSCC2S(C)(=O)=O)sc1CO. The van der Waals surface area contributed by atoms with Crippen LogP contribution in [0.4, 0.5) is 5.13 Å². The van der Waals surface area contributed by atoms with Gasteiger partial charge in [-0.25, -0.2) is 13.4 Å². The maximum Gasteiger partial charge on any atom is 0.187 e. The smallest absolute Gasteiger partial charge is 0.187 e. The van der Waals surface area contributed by atoms with Crippen molar-refractivity contribution in [2.75, 3.05) is 29.2 Å². The Morgan fingerprint density at radius 1 is 1.43 bits per heavy atom. The molecule has 1 N–H and O–H groups in total. The molecule has 0 bridgehead atoms. The second-order valence-electron chi connectivity index (χ2n) is 6.23. The lowest BCUT2D eigenvalue weighted by Gasteiger charge is -2.33. The summed E-state index contributed by atoms with van der Waals surface area (Å²) in [6.07, 6.45) is 1.28. The number of nitrogens with zero attached hydrogens (tertiary/aromatic N) is 2. The fourth-order valence-electron chi connectivity index (χ4n) is 2.31. The molecule has 8 heteroatoms. The van der Waals surface area contributed by atoms with E-state index in [1.165, 1.54) is 17.6 Å². The van der Waals surface area contributed by atoms with Crippen LogP contribution >= 0.6 is 23.1 Å². The summed E-state index contributed by atoms with van der Waals surface area (Å²) in [6.45, 7) is 6.75. The molecule has 0 aromatic carbocycles. The Balaban J connectivity index is 2.43. The number of aliphatic hydroxyl groups excluding tert-OH is 1. The van der Waals surface area contributed by atoms with Crippen LogP contribution in [0.15, 0.2) is 0 Å². The van der Waals surface area contributed by atoms with Gasteiger partial charge in [0.2, 0.25) is 0 Å². The standard InChI is InChI=1S/C13H22N2O3S3/c1-13(2,3)11-9(7-16)20-12(14-11)15-5-6-19-8-10(15)21(4,17)18/h10,16H,5-8H2,1-4H3. The van der Waals surface area contributed by atoms with E-state index in [1.807, 2.05) is 25.7 Å². The van der Waals surface area contributed by atoms with Crippen molar-refractivity contribution in [1.82, 2.24) is 4.98 Å². The molecule has 1 aliphatic heterocycles. The third-order valence-corrected chi connectivity index (χ3v) is 7.09. The van der Waals surface area contributed by atoms with Crippen LogP contribution in [0.3, 0.4) is 0 Å². The van der Waals surface area contributed by atoms with Gasteiger partial charge in [0.1, 0.15) is 5.37 Å². The number of aliphatic hydroxyl groups is 1. The monoisotopic (exact) mass is 350 g/mol. The van der Waals surface area contributed by atoms with Crippen molar-refractivity contribution in [1.29, 1.82) is 0 Å². The van der Waals surface area contributed by atoms with E-state index in [0.29, 0.717) is 17.4 Å². The molecule has 5 nitrogen and oxygen atoms in total. The molecule has 0 radical (unpaired) electrons. The Morgan fingerprint density at radius 2 is 2.10 bits per heavy atom. The highest BCUT2D eigenvalue weighted by Crippen LogP contribution is 2.36. The van der Waals surface area contributed by atoms with Crippen molar-refractivity contribution in [3.8, 4) is 0 Å². The zero-order valence-electron chi connectivity index (χ0n) is 12.8. The van der Waals surface area contributed by atoms with Crippen LogP contribution in [0.1, 0.15) is 31.3 Å². The van der Waals surface area contributed by atoms with E-state index in [-0.39, 0.29) is 12.0 Å². The Bertz CT molecular complexity index is 605. The molecular formula is C13H22N2O3S3. The fourth-order valence-corrected chi connectivity index (χ4v) is 6.40. The Labute approximate surface area is 134 Å². The van der Waals surface area contributed by atoms with E-state index in [9.17, 15) is 13.5 Å². The van der Waals surface area contributed by atoms with E-state index in [4.69, 9.17) is 0 Å². The minimum Gasteiger partial charge on any atom is -0.391 e. The Morgan fingerprint density at radius 3 is 2.57 bits per heavy atom. The van der Waals surface area contributed by atoms with Gasteiger partial charge in [-0.2, -0.15) is 11.8 Å². The molecule has 1 saturated heterocycles. The van der Waals surface area contributed by atoms with Gasteiger partial charge in [0.15, 0.2) is 15.0 Å². The highest BCUT2D eigenvalue weighted by atomic mass is 32.2. The number of aromatic nitrogens is 1. The van der Waals surface area contributed by atoms with Gasteiger partial charge in [-0.1, -0.05) is 32.1 Å². The summed E-state index contributed by atoms with van der Waals surface area (Å²) >= 11 is 3.06. The van der Waals surface area contributed by atoms with Crippen LogP contribution < -0.4 is 4.90 Å². The van der Waals surface area contributed by atoms with Crippen molar-refractivity contribution in [3.05, 3.63) is 10.6 Å². The highest BCUT2D eigenvalue weighted by Gasteiger charge is 2.34. The van der Waals surface area contributed by atoms with Gasteiger partial charge < -0.3 is 10.0 Å². The number of hydrogen-bond acceptors (Lipinski definition) is 7. The predicted octanol–water partition coefficient (Wildman–Crippen LogP) is 1.86. The van der Waals surface area contributed by atoms with E-state index in [1.54, 1.807) is 11.8 Å². The second kappa shape index (κ2) is 6.06. The van der Waals surface area contributed by atoms with Gasteiger partial charge in [0.05, 0.1) is 17.2 Å². The number of thioether (sulfide) groups is 1. The number of thiazole rings is 1. The van der Waals surface area contributed by atoms with Crippen molar-refractivity contribution >= 4 is 38.1 Å². The van der Waals surface area contributed by atoms with E-state index in [0.717, 1.165) is 16.3 Å². The van der Waals surface area contributed by atoms with Gasteiger partial charge in [-0.3, -0.25) is 0 Å². The molecule has 1 unspecified atom stereocenters. The van der Waals surface area contributed by atoms with Crippen molar-refractivity contribution < 1.29 is 13.5 Å². The summed E-state index contributed by atoms with van der Waals surface area (Å²) in [5, 5.41) is 9.73. The molecule has 0 spiro atoms. The first kappa shape index (κ1) is 17.1. The third-order valence-electron chi connectivity index (χ3n) is 3.36. The largest absolute Gasteiger partial charge is 0.391 e. The first-order chi connectivity index (χ1) is 9.64. The summed E-state index contributed by atoms with van der Waals surface area (Å²) < 4.78 is 24.0. The first-order valence-corrected chi connectivity index (χ1v) is 10.7. The maximum absolute atomic E-state index is 12.0. The van der Waals surface area contributed by atoms with Crippen LogP contribution in [-0.2, 0) is 21.9 Å². The van der Waals surface area contributed by atoms with Gasteiger partial charge >= 0.3 is 0 Å². The van der Waals surface area contributed by atoms with E-state index >= 15 is 0 Å². The lowest BCUT2D eigenvalue weighted by atomic mass is 9.91. The molecule has 1 aromatic heterocycles. The summed E-state index contributed by atoms with van der Waals surface area (Å²) in [7, 11) is -3.16. The number of rotatable bonds is 3. The quantitative estimate of drug-likeness (QED) is 0.897. The summed E-state index contributed by atoms with van der Waals surface area (Å²) in [4.78, 5) is 7.35. The zero-order valence-corrected chi connectivity index (χ0v) is 15.2. The van der Waals surface area contributed by atoms with Crippen LogP contribution in [-0.4, -0.2) is 48.2 Å². The molecule has 0 amide bonds. The molecule has 2 rings (SSSR count). The molecule has 2 heterocycles. The minimum absolute atomic E-state index is 0.0591. The summed E-state index contributed by atoms with van der Waals surface area (Å²) in [5.41, 5.74) is 0.688. The molecule has 1 aliphatic rings. The van der Waals surface area contributed by atoms with Crippen LogP contribution in [0.25, 0.3) is 0 Å². The molecule has 1 fully saturated rings. The lowest BCUT2D eigenvalue weighted by molar-refractivity contribution is 0.282. The van der Waals surface area contributed by atoms with Gasteiger partial charge in [-0.05, 0) is 0 Å². The average molecular weight is 351 g/mol. The topological polar surface area (TPSA) is 70.5 Å². The molecule has 0 saturated carbocycles. The molecule has 1 aromatic rings. The summed E-state index contributed by atoms with van der Waals surface area (Å²) in [6, 6.07) is 0. The average Bonchev–Trinajstić information content (AvgIpc) is 2.81. The fraction of sp³-hybridized carbons (Fsp3) is 0.769. The van der Waals surface area contributed by atoms with Crippen molar-refractivity contribution in [3.63, 3.8) is 0 Å². The summed E-state index contributed by atoms with van der Waals surface area (Å²) in [5.74, 6) is 1.46. The van der Waals surface area contributed by atoms with E-state index in [2.05, 4.69) is 4.98 Å². The van der Waals surface area contributed by atoms with Crippen molar-refractivity contribution in [2.24, 2.45) is 0 Å². The van der Waals surface area contributed by atoms with Crippen LogP contribution in [0, 0.1) is 0 Å². The minimum atomic E-state index is -3.16. The first-order valence-electron chi connectivity index (χ1n) is 6.79. The normalized spacial score (nSPS) is 20.8. The molecular weight excluding hydrogens is 328 g/mol. The van der Waals surface area contributed by atoms with Gasteiger partial charge in [-0.15, -0.1) is 0 Å². The predicted molar refractivity (Wildman–Crippen MR) is 90.0 cm³/mol.